The molecule has 1 N–H and O–H groups in total. The fraction of sp³-hybridized carbons (Fsp3) is 0.167. The number of hydrogen-bond acceptors (Lipinski definition) is 2. The van der Waals surface area contributed by atoms with Gasteiger partial charge in [0.05, 0.1) is 0 Å². The Kier molecular flexibility index (Phi) is 5.38. The van der Waals surface area contributed by atoms with Crippen LogP contribution in [0.3, 0.4) is 0 Å². The van der Waals surface area contributed by atoms with Gasteiger partial charge in [-0.2, -0.15) is 0 Å². The Hall–Kier alpha value is -3.47. The number of rotatable bonds is 5. The van der Waals surface area contributed by atoms with Crippen molar-refractivity contribution in [1.82, 2.24) is 5.32 Å². The second kappa shape index (κ2) is 8.27. The van der Waals surface area contributed by atoms with Gasteiger partial charge in [-0.05, 0) is 60.4 Å². The van der Waals surface area contributed by atoms with Crippen molar-refractivity contribution in [2.75, 3.05) is 18.0 Å². The molecule has 0 aromatic heterocycles. The number of fused-ring (bicyclic) bond motifs is 1. The molecule has 5 heteroatoms. The molecule has 146 valence electrons. The maximum absolute atomic E-state index is 13.6. The van der Waals surface area contributed by atoms with Crippen LogP contribution in [0.2, 0.25) is 0 Å². The van der Waals surface area contributed by atoms with E-state index in [1.807, 2.05) is 24.3 Å². The Balaban J connectivity index is 1.37. The number of nitrogens with one attached hydrogen (secondary N) is 1. The smallest absolute Gasteiger partial charge is 0.258 e. The average Bonchev–Trinajstić information content (AvgIpc) is 3.19. The van der Waals surface area contributed by atoms with E-state index in [1.165, 1.54) is 11.6 Å². The summed E-state index contributed by atoms with van der Waals surface area (Å²) in [4.78, 5) is 26.9. The lowest BCUT2D eigenvalue weighted by molar-refractivity contribution is 0.0950. The number of carbonyl (C=O) groups is 2. The van der Waals surface area contributed by atoms with E-state index in [0.29, 0.717) is 36.2 Å². The van der Waals surface area contributed by atoms with Gasteiger partial charge in [0.2, 0.25) is 0 Å². The van der Waals surface area contributed by atoms with E-state index < -0.39 is 0 Å². The van der Waals surface area contributed by atoms with E-state index in [-0.39, 0.29) is 17.6 Å². The Morgan fingerprint density at radius 1 is 0.897 bits per heavy atom. The highest BCUT2D eigenvalue weighted by molar-refractivity contribution is 6.07. The van der Waals surface area contributed by atoms with Gasteiger partial charge in [-0.3, -0.25) is 9.59 Å². The Labute approximate surface area is 169 Å². The topological polar surface area (TPSA) is 49.4 Å². The Morgan fingerprint density at radius 3 is 2.38 bits per heavy atom. The number of para-hydroxylation sites is 1. The van der Waals surface area contributed by atoms with Crippen LogP contribution in [0.1, 0.15) is 31.8 Å². The fourth-order valence-corrected chi connectivity index (χ4v) is 3.58. The summed E-state index contributed by atoms with van der Waals surface area (Å²) in [5, 5.41) is 2.79. The largest absolute Gasteiger partial charge is 0.352 e. The summed E-state index contributed by atoms with van der Waals surface area (Å²) in [5.41, 5.74) is 3.71. The molecule has 4 rings (SSSR count). The van der Waals surface area contributed by atoms with Crippen LogP contribution in [0.5, 0.6) is 0 Å². The molecule has 0 fully saturated rings. The highest BCUT2D eigenvalue weighted by Gasteiger charge is 2.25. The third kappa shape index (κ3) is 4.04. The zero-order chi connectivity index (χ0) is 20.2. The molecule has 0 aliphatic carbocycles. The third-order valence-corrected chi connectivity index (χ3v) is 5.16. The molecule has 0 unspecified atom stereocenters. The molecule has 1 aliphatic rings. The molecule has 4 nitrogen and oxygen atoms in total. The predicted molar refractivity (Wildman–Crippen MR) is 111 cm³/mol. The summed E-state index contributed by atoms with van der Waals surface area (Å²) in [7, 11) is 0. The molecule has 3 aromatic carbocycles. The molecule has 0 radical (unpaired) electrons. The highest BCUT2D eigenvalue weighted by atomic mass is 19.1. The van der Waals surface area contributed by atoms with Crippen LogP contribution >= 0.6 is 0 Å². The van der Waals surface area contributed by atoms with Crippen LogP contribution in [0.25, 0.3) is 0 Å². The van der Waals surface area contributed by atoms with Gasteiger partial charge in [-0.25, -0.2) is 4.39 Å². The summed E-state index contributed by atoms with van der Waals surface area (Å²) in [5.74, 6) is -0.582. The van der Waals surface area contributed by atoms with E-state index in [0.717, 1.165) is 12.1 Å². The fourth-order valence-electron chi connectivity index (χ4n) is 3.58. The van der Waals surface area contributed by atoms with Crippen molar-refractivity contribution < 1.29 is 14.0 Å². The van der Waals surface area contributed by atoms with E-state index in [1.54, 1.807) is 47.4 Å². The Bertz CT molecular complexity index is 1050. The lowest BCUT2D eigenvalue weighted by Gasteiger charge is -2.17. The first-order chi connectivity index (χ1) is 14.1. The molecule has 0 bridgehead atoms. The number of benzene rings is 3. The zero-order valence-corrected chi connectivity index (χ0v) is 15.9. The van der Waals surface area contributed by atoms with Crippen molar-refractivity contribution in [2.24, 2.45) is 0 Å². The first-order valence-electron chi connectivity index (χ1n) is 9.65. The second-order valence-corrected chi connectivity index (χ2v) is 7.01. The summed E-state index contributed by atoms with van der Waals surface area (Å²) in [6.07, 6.45) is 1.27. The van der Waals surface area contributed by atoms with E-state index in [9.17, 15) is 14.0 Å². The molecule has 1 heterocycles. The number of anilines is 1. The van der Waals surface area contributed by atoms with Crippen molar-refractivity contribution in [1.29, 1.82) is 0 Å². The SMILES string of the molecule is O=C(NCCc1ccccc1F)c1ccc(C(=O)N2CCc3ccccc32)cc1. The maximum atomic E-state index is 13.6. The molecular weight excluding hydrogens is 367 g/mol. The average molecular weight is 388 g/mol. The normalized spacial score (nSPS) is 12.5. The minimum atomic E-state index is -0.270. The van der Waals surface area contributed by atoms with Crippen LogP contribution in [0.15, 0.2) is 72.8 Å². The molecule has 0 saturated carbocycles. The van der Waals surface area contributed by atoms with Crippen LogP contribution in [-0.2, 0) is 12.8 Å². The lowest BCUT2D eigenvalue weighted by atomic mass is 10.1. The minimum Gasteiger partial charge on any atom is -0.352 e. The van der Waals surface area contributed by atoms with Gasteiger partial charge in [0.25, 0.3) is 11.8 Å². The standard InChI is InChI=1S/C24H21FN2O2/c25-21-7-3-1-5-17(21)13-15-26-23(28)19-9-11-20(12-10-19)24(29)27-16-14-18-6-2-4-8-22(18)27/h1-12H,13-16H2,(H,26,28). The zero-order valence-electron chi connectivity index (χ0n) is 15.9. The molecule has 29 heavy (non-hydrogen) atoms. The molecule has 0 spiro atoms. The van der Waals surface area contributed by atoms with Crippen LogP contribution < -0.4 is 10.2 Å². The van der Waals surface area contributed by atoms with Crippen LogP contribution in [0, 0.1) is 5.82 Å². The number of halogens is 1. The molecular formula is C24H21FN2O2. The minimum absolute atomic E-state index is 0.0681. The molecule has 2 amide bonds. The molecule has 0 saturated heterocycles. The van der Waals surface area contributed by atoms with Gasteiger partial charge in [0.15, 0.2) is 0 Å². The third-order valence-electron chi connectivity index (χ3n) is 5.16. The van der Waals surface area contributed by atoms with Gasteiger partial charge in [-0.1, -0.05) is 36.4 Å². The first-order valence-corrected chi connectivity index (χ1v) is 9.65. The lowest BCUT2D eigenvalue weighted by Crippen LogP contribution is -2.29. The number of amides is 2. The van der Waals surface area contributed by atoms with Crippen molar-refractivity contribution in [3.05, 3.63) is 101 Å². The Morgan fingerprint density at radius 2 is 1.59 bits per heavy atom. The van der Waals surface area contributed by atoms with Crippen molar-refractivity contribution >= 4 is 17.5 Å². The summed E-state index contributed by atoms with van der Waals surface area (Å²) in [6, 6.07) is 21.1. The van der Waals surface area contributed by atoms with Crippen molar-refractivity contribution in [2.45, 2.75) is 12.8 Å². The second-order valence-electron chi connectivity index (χ2n) is 7.01. The van der Waals surface area contributed by atoms with E-state index in [4.69, 9.17) is 0 Å². The van der Waals surface area contributed by atoms with E-state index in [2.05, 4.69) is 5.32 Å². The van der Waals surface area contributed by atoms with E-state index >= 15 is 0 Å². The quantitative estimate of drug-likeness (QED) is 0.718. The van der Waals surface area contributed by atoms with Crippen molar-refractivity contribution in [3.63, 3.8) is 0 Å². The maximum Gasteiger partial charge on any atom is 0.258 e. The summed E-state index contributed by atoms with van der Waals surface area (Å²) >= 11 is 0. The molecule has 1 aliphatic heterocycles. The summed E-state index contributed by atoms with van der Waals surface area (Å²) in [6.45, 7) is 1.00. The monoisotopic (exact) mass is 388 g/mol. The van der Waals surface area contributed by atoms with Gasteiger partial charge in [0, 0.05) is 29.9 Å². The summed E-state index contributed by atoms with van der Waals surface area (Å²) < 4.78 is 13.6. The number of hydrogen-bond donors (Lipinski definition) is 1. The van der Waals surface area contributed by atoms with Gasteiger partial charge in [0.1, 0.15) is 5.82 Å². The molecule has 0 atom stereocenters. The van der Waals surface area contributed by atoms with Crippen LogP contribution in [-0.4, -0.2) is 24.9 Å². The number of carbonyl (C=O) groups excluding carboxylic acids is 2. The van der Waals surface area contributed by atoms with Gasteiger partial charge < -0.3 is 10.2 Å². The predicted octanol–water partition coefficient (Wildman–Crippen LogP) is 4.00. The van der Waals surface area contributed by atoms with Crippen LogP contribution in [0.4, 0.5) is 10.1 Å². The van der Waals surface area contributed by atoms with Gasteiger partial charge in [-0.15, -0.1) is 0 Å². The highest BCUT2D eigenvalue weighted by Crippen LogP contribution is 2.28. The molecule has 3 aromatic rings. The van der Waals surface area contributed by atoms with Crippen molar-refractivity contribution in [3.8, 4) is 0 Å². The number of nitrogens with zero attached hydrogens (tertiary/aromatic N) is 1. The first kappa shape index (κ1) is 18.9. The van der Waals surface area contributed by atoms with Gasteiger partial charge >= 0.3 is 0 Å².